The second kappa shape index (κ2) is 4.77. The van der Waals surface area contributed by atoms with Gasteiger partial charge in [0.15, 0.2) is 0 Å². The molecule has 0 amide bonds. The average Bonchev–Trinajstić information content (AvgIpc) is 2.28. The normalized spacial score (nSPS) is 11.3. The molecule has 2 aromatic rings. The molecule has 0 atom stereocenters. The van der Waals surface area contributed by atoms with Crippen molar-refractivity contribution in [3.8, 4) is 0 Å². The Morgan fingerprint density at radius 2 is 1.89 bits per heavy atom. The molecular formula is C15H19ClN2. The van der Waals surface area contributed by atoms with E-state index in [9.17, 15) is 0 Å². The predicted octanol–water partition coefficient (Wildman–Crippen LogP) is 4.67. The summed E-state index contributed by atoms with van der Waals surface area (Å²) in [7, 11) is 1.95. The number of hydrogen-bond donors (Lipinski definition) is 1. The summed E-state index contributed by atoms with van der Waals surface area (Å²) in [5.74, 6) is 0.434. The fourth-order valence-electron chi connectivity index (χ4n) is 2.60. The van der Waals surface area contributed by atoms with Crippen molar-refractivity contribution in [2.75, 3.05) is 12.4 Å². The van der Waals surface area contributed by atoms with Crippen molar-refractivity contribution in [3.05, 3.63) is 34.0 Å². The summed E-state index contributed by atoms with van der Waals surface area (Å²) in [6.45, 7) is 8.50. The van der Waals surface area contributed by atoms with Crippen LogP contribution in [0.25, 0.3) is 10.9 Å². The number of nitrogens with zero attached hydrogens (tertiary/aromatic N) is 1. The summed E-state index contributed by atoms with van der Waals surface area (Å²) in [6, 6.07) is 3.96. The predicted molar refractivity (Wildman–Crippen MR) is 79.9 cm³/mol. The molecule has 0 aliphatic rings. The number of hydrogen-bond acceptors (Lipinski definition) is 2. The summed E-state index contributed by atoms with van der Waals surface area (Å²) < 4.78 is 0. The van der Waals surface area contributed by atoms with E-state index in [4.69, 9.17) is 16.6 Å². The SMILES string of the molecule is CNc1c(C(C)C)c(C)nc2c(C)cc(Cl)cc12. The van der Waals surface area contributed by atoms with Crippen LogP contribution in [0.15, 0.2) is 12.1 Å². The summed E-state index contributed by atoms with van der Waals surface area (Å²) in [4.78, 5) is 4.75. The minimum atomic E-state index is 0.434. The Labute approximate surface area is 113 Å². The molecule has 1 aromatic heterocycles. The fraction of sp³-hybridized carbons (Fsp3) is 0.400. The van der Waals surface area contributed by atoms with Gasteiger partial charge in [-0.2, -0.15) is 0 Å². The van der Waals surface area contributed by atoms with Gasteiger partial charge < -0.3 is 5.32 Å². The van der Waals surface area contributed by atoms with E-state index in [0.717, 1.165) is 32.9 Å². The Morgan fingerprint density at radius 3 is 2.44 bits per heavy atom. The van der Waals surface area contributed by atoms with Crippen molar-refractivity contribution >= 4 is 28.2 Å². The van der Waals surface area contributed by atoms with E-state index >= 15 is 0 Å². The molecule has 0 saturated carbocycles. The van der Waals surface area contributed by atoms with E-state index in [1.165, 1.54) is 5.56 Å². The number of halogens is 1. The number of nitrogens with one attached hydrogen (secondary N) is 1. The zero-order chi connectivity index (χ0) is 13.4. The number of fused-ring (bicyclic) bond motifs is 1. The highest BCUT2D eigenvalue weighted by Crippen LogP contribution is 2.35. The second-order valence-corrected chi connectivity index (χ2v) is 5.45. The molecule has 0 bridgehead atoms. The first-order valence-electron chi connectivity index (χ1n) is 6.23. The topological polar surface area (TPSA) is 24.9 Å². The highest BCUT2D eigenvalue weighted by Gasteiger charge is 2.15. The van der Waals surface area contributed by atoms with Gasteiger partial charge in [-0.3, -0.25) is 4.98 Å². The number of rotatable bonds is 2. The van der Waals surface area contributed by atoms with Crippen molar-refractivity contribution in [1.82, 2.24) is 4.98 Å². The number of pyridine rings is 1. The van der Waals surface area contributed by atoms with Gasteiger partial charge in [-0.25, -0.2) is 0 Å². The van der Waals surface area contributed by atoms with Crippen LogP contribution in [0, 0.1) is 13.8 Å². The van der Waals surface area contributed by atoms with E-state index in [2.05, 4.69) is 33.0 Å². The van der Waals surface area contributed by atoms with Gasteiger partial charge in [0.1, 0.15) is 0 Å². The monoisotopic (exact) mass is 262 g/mol. The van der Waals surface area contributed by atoms with Crippen LogP contribution in [0.4, 0.5) is 5.69 Å². The molecule has 2 nitrogen and oxygen atoms in total. The number of aromatic nitrogens is 1. The van der Waals surface area contributed by atoms with E-state index in [1.807, 2.05) is 19.2 Å². The van der Waals surface area contributed by atoms with Crippen LogP contribution >= 0.6 is 11.6 Å². The Balaban J connectivity index is 2.94. The molecule has 0 fully saturated rings. The molecule has 1 aromatic carbocycles. The fourth-order valence-corrected chi connectivity index (χ4v) is 2.88. The first-order chi connectivity index (χ1) is 8.45. The zero-order valence-electron chi connectivity index (χ0n) is 11.6. The molecule has 0 radical (unpaired) electrons. The lowest BCUT2D eigenvalue weighted by atomic mass is 9.96. The zero-order valence-corrected chi connectivity index (χ0v) is 12.3. The Kier molecular flexibility index (Phi) is 3.49. The standard InChI is InChI=1S/C15H19ClN2/c1-8(2)13-10(4)18-14-9(3)6-11(16)7-12(14)15(13)17-5/h6-8H,1-5H3,(H,17,18). The van der Waals surface area contributed by atoms with Gasteiger partial charge in [0.05, 0.1) is 5.52 Å². The van der Waals surface area contributed by atoms with Crippen LogP contribution in [0.5, 0.6) is 0 Å². The van der Waals surface area contributed by atoms with E-state index in [0.29, 0.717) is 5.92 Å². The van der Waals surface area contributed by atoms with Gasteiger partial charge in [0.2, 0.25) is 0 Å². The Hall–Kier alpha value is -1.28. The maximum absolute atomic E-state index is 6.17. The van der Waals surface area contributed by atoms with Crippen LogP contribution in [-0.2, 0) is 0 Å². The van der Waals surface area contributed by atoms with Gasteiger partial charge in [-0.05, 0) is 43.0 Å². The summed E-state index contributed by atoms with van der Waals surface area (Å²) >= 11 is 6.17. The van der Waals surface area contributed by atoms with Gasteiger partial charge >= 0.3 is 0 Å². The molecule has 1 N–H and O–H groups in total. The Morgan fingerprint density at radius 1 is 1.22 bits per heavy atom. The maximum Gasteiger partial charge on any atom is 0.0756 e. The minimum Gasteiger partial charge on any atom is -0.387 e. The number of aryl methyl sites for hydroxylation is 2. The molecular weight excluding hydrogens is 244 g/mol. The molecule has 0 aliphatic heterocycles. The number of benzene rings is 1. The molecule has 2 rings (SSSR count). The molecule has 1 heterocycles. The second-order valence-electron chi connectivity index (χ2n) is 5.01. The molecule has 0 unspecified atom stereocenters. The first-order valence-corrected chi connectivity index (χ1v) is 6.61. The lowest BCUT2D eigenvalue weighted by molar-refractivity contribution is 0.849. The van der Waals surface area contributed by atoms with Gasteiger partial charge in [-0.1, -0.05) is 25.4 Å². The summed E-state index contributed by atoms with van der Waals surface area (Å²) in [5, 5.41) is 5.19. The van der Waals surface area contributed by atoms with Gasteiger partial charge in [0, 0.05) is 28.8 Å². The lowest BCUT2D eigenvalue weighted by Gasteiger charge is -2.18. The van der Waals surface area contributed by atoms with Crippen molar-refractivity contribution in [3.63, 3.8) is 0 Å². The van der Waals surface area contributed by atoms with E-state index in [-0.39, 0.29) is 0 Å². The van der Waals surface area contributed by atoms with E-state index in [1.54, 1.807) is 0 Å². The van der Waals surface area contributed by atoms with Crippen LogP contribution in [-0.4, -0.2) is 12.0 Å². The third-order valence-electron chi connectivity index (χ3n) is 3.30. The van der Waals surface area contributed by atoms with Gasteiger partial charge in [-0.15, -0.1) is 0 Å². The van der Waals surface area contributed by atoms with E-state index < -0.39 is 0 Å². The van der Waals surface area contributed by atoms with Crippen molar-refractivity contribution < 1.29 is 0 Å². The quantitative estimate of drug-likeness (QED) is 0.851. The smallest absolute Gasteiger partial charge is 0.0756 e. The van der Waals surface area contributed by atoms with Crippen LogP contribution in [0.3, 0.4) is 0 Å². The van der Waals surface area contributed by atoms with Crippen LogP contribution < -0.4 is 5.32 Å². The maximum atomic E-state index is 6.17. The summed E-state index contributed by atoms with van der Waals surface area (Å²) in [6.07, 6.45) is 0. The molecule has 0 aliphatic carbocycles. The highest BCUT2D eigenvalue weighted by molar-refractivity contribution is 6.31. The third-order valence-corrected chi connectivity index (χ3v) is 3.52. The Bertz CT molecular complexity index is 603. The highest BCUT2D eigenvalue weighted by atomic mass is 35.5. The lowest BCUT2D eigenvalue weighted by Crippen LogP contribution is -2.04. The van der Waals surface area contributed by atoms with Crippen LogP contribution in [0.1, 0.15) is 36.6 Å². The molecule has 0 saturated heterocycles. The average molecular weight is 263 g/mol. The van der Waals surface area contributed by atoms with Crippen LogP contribution in [0.2, 0.25) is 5.02 Å². The minimum absolute atomic E-state index is 0.434. The molecule has 0 spiro atoms. The third kappa shape index (κ3) is 2.05. The molecule has 18 heavy (non-hydrogen) atoms. The molecule has 3 heteroatoms. The summed E-state index contributed by atoms with van der Waals surface area (Å²) in [5.41, 5.74) is 5.66. The van der Waals surface area contributed by atoms with Gasteiger partial charge in [0.25, 0.3) is 0 Å². The molecule has 96 valence electrons. The van der Waals surface area contributed by atoms with Crippen molar-refractivity contribution in [2.24, 2.45) is 0 Å². The van der Waals surface area contributed by atoms with Crippen molar-refractivity contribution in [2.45, 2.75) is 33.6 Å². The number of anilines is 1. The first kappa shape index (κ1) is 13.2. The largest absolute Gasteiger partial charge is 0.387 e. The van der Waals surface area contributed by atoms with Crippen molar-refractivity contribution in [1.29, 1.82) is 0 Å².